The number of para-hydroxylation sites is 1. The normalized spacial score (nSPS) is 10.7. The van der Waals surface area contributed by atoms with Gasteiger partial charge in [-0.1, -0.05) is 39.0 Å². The highest BCUT2D eigenvalue weighted by atomic mass is 16.2. The van der Waals surface area contributed by atoms with Crippen LogP contribution in [-0.2, 0) is 9.59 Å². The largest absolute Gasteiger partial charge is 0.355 e. The van der Waals surface area contributed by atoms with Crippen molar-refractivity contribution in [2.45, 2.75) is 27.2 Å². The van der Waals surface area contributed by atoms with E-state index in [1.54, 1.807) is 36.4 Å². The average Bonchev–Trinajstić information content (AvgIpc) is 2.63. The van der Waals surface area contributed by atoms with Gasteiger partial charge in [-0.05, 0) is 36.4 Å². The minimum atomic E-state index is -0.480. The Bertz CT molecular complexity index is 812. The molecule has 0 atom stereocenters. The molecule has 2 aromatic carbocycles. The lowest BCUT2D eigenvalue weighted by Gasteiger charge is -2.17. The second-order valence-corrected chi connectivity index (χ2v) is 7.33. The number of amides is 4. The molecule has 0 aromatic heterocycles. The number of rotatable bonds is 6. The SMILES string of the molecule is CC(C)(C)C(=O)NCCC(=O)Nc1ccc(NC(=O)Nc2ccccc2)cc1. The fourth-order valence-corrected chi connectivity index (χ4v) is 2.23. The fraction of sp³-hybridized carbons (Fsp3) is 0.286. The van der Waals surface area contributed by atoms with E-state index < -0.39 is 5.41 Å². The molecule has 0 saturated heterocycles. The summed E-state index contributed by atoms with van der Waals surface area (Å²) in [7, 11) is 0. The van der Waals surface area contributed by atoms with Crippen molar-refractivity contribution in [2.24, 2.45) is 5.41 Å². The molecule has 0 aliphatic heterocycles. The van der Waals surface area contributed by atoms with Crippen LogP contribution < -0.4 is 21.3 Å². The van der Waals surface area contributed by atoms with Crippen molar-refractivity contribution in [1.29, 1.82) is 0 Å². The molecule has 148 valence electrons. The van der Waals surface area contributed by atoms with Gasteiger partial charge in [0.05, 0.1) is 0 Å². The second-order valence-electron chi connectivity index (χ2n) is 7.33. The van der Waals surface area contributed by atoms with E-state index in [1.807, 2.05) is 39.0 Å². The summed E-state index contributed by atoms with van der Waals surface area (Å²) < 4.78 is 0. The molecule has 28 heavy (non-hydrogen) atoms. The summed E-state index contributed by atoms with van der Waals surface area (Å²) in [4.78, 5) is 35.7. The van der Waals surface area contributed by atoms with Crippen LogP contribution in [0.4, 0.5) is 21.9 Å². The Morgan fingerprint density at radius 2 is 1.25 bits per heavy atom. The van der Waals surface area contributed by atoms with Gasteiger partial charge in [-0.15, -0.1) is 0 Å². The lowest BCUT2D eigenvalue weighted by Crippen LogP contribution is -2.36. The number of hydrogen-bond donors (Lipinski definition) is 4. The molecular formula is C21H26N4O3. The molecule has 0 unspecified atom stereocenters. The number of anilines is 3. The Kier molecular flexibility index (Phi) is 7.14. The Hall–Kier alpha value is -3.35. The molecule has 4 N–H and O–H groups in total. The Balaban J connectivity index is 1.76. The molecule has 0 bridgehead atoms. The minimum Gasteiger partial charge on any atom is -0.355 e. The van der Waals surface area contributed by atoms with Crippen LogP contribution in [0, 0.1) is 5.41 Å². The quantitative estimate of drug-likeness (QED) is 0.611. The first kappa shape index (κ1) is 21.0. The lowest BCUT2D eigenvalue weighted by molar-refractivity contribution is -0.128. The number of carbonyl (C=O) groups is 3. The van der Waals surface area contributed by atoms with Gasteiger partial charge in [0.25, 0.3) is 0 Å². The first-order chi connectivity index (χ1) is 13.2. The molecule has 7 nitrogen and oxygen atoms in total. The van der Waals surface area contributed by atoms with Crippen LogP contribution in [0.1, 0.15) is 27.2 Å². The highest BCUT2D eigenvalue weighted by Crippen LogP contribution is 2.15. The first-order valence-electron chi connectivity index (χ1n) is 9.05. The molecule has 0 aliphatic carbocycles. The molecule has 0 fully saturated rings. The summed E-state index contributed by atoms with van der Waals surface area (Å²) in [5.41, 5.74) is 1.43. The van der Waals surface area contributed by atoms with Crippen molar-refractivity contribution >= 4 is 34.9 Å². The predicted molar refractivity (Wildman–Crippen MR) is 111 cm³/mol. The summed E-state index contributed by atoms with van der Waals surface area (Å²) in [5.74, 6) is -0.291. The van der Waals surface area contributed by atoms with Gasteiger partial charge in [0.2, 0.25) is 11.8 Å². The molecule has 0 spiro atoms. The zero-order valence-corrected chi connectivity index (χ0v) is 16.3. The number of benzene rings is 2. The van der Waals surface area contributed by atoms with Crippen molar-refractivity contribution < 1.29 is 14.4 Å². The second kappa shape index (κ2) is 9.55. The summed E-state index contributed by atoms with van der Waals surface area (Å²) in [6.07, 6.45) is 0.182. The monoisotopic (exact) mass is 382 g/mol. The number of urea groups is 1. The van der Waals surface area contributed by atoms with Crippen molar-refractivity contribution in [3.63, 3.8) is 0 Å². The number of carbonyl (C=O) groups excluding carboxylic acids is 3. The minimum absolute atomic E-state index is 0.0930. The molecule has 0 radical (unpaired) electrons. The van der Waals surface area contributed by atoms with E-state index >= 15 is 0 Å². The average molecular weight is 382 g/mol. The molecular weight excluding hydrogens is 356 g/mol. The zero-order valence-electron chi connectivity index (χ0n) is 16.3. The van der Waals surface area contributed by atoms with Crippen LogP contribution >= 0.6 is 0 Å². The predicted octanol–water partition coefficient (Wildman–Crippen LogP) is 3.82. The van der Waals surface area contributed by atoms with E-state index in [-0.39, 0.29) is 30.8 Å². The van der Waals surface area contributed by atoms with Crippen LogP contribution in [0.25, 0.3) is 0 Å². The third kappa shape index (κ3) is 7.11. The maximum atomic E-state index is 12.0. The smallest absolute Gasteiger partial charge is 0.323 e. The van der Waals surface area contributed by atoms with E-state index in [0.29, 0.717) is 17.1 Å². The highest BCUT2D eigenvalue weighted by Gasteiger charge is 2.20. The summed E-state index contributed by atoms with van der Waals surface area (Å²) in [6, 6.07) is 15.6. The van der Waals surface area contributed by atoms with Gasteiger partial charge in [0.15, 0.2) is 0 Å². The van der Waals surface area contributed by atoms with Gasteiger partial charge < -0.3 is 21.3 Å². The molecule has 4 amide bonds. The van der Waals surface area contributed by atoms with Crippen molar-refractivity contribution in [3.8, 4) is 0 Å². The Morgan fingerprint density at radius 3 is 1.79 bits per heavy atom. The van der Waals surface area contributed by atoms with Crippen LogP contribution in [0.2, 0.25) is 0 Å². The molecule has 2 rings (SSSR count). The summed E-state index contributed by atoms with van der Waals surface area (Å²) >= 11 is 0. The molecule has 0 heterocycles. The van der Waals surface area contributed by atoms with Crippen molar-refractivity contribution in [2.75, 3.05) is 22.5 Å². The van der Waals surface area contributed by atoms with E-state index in [4.69, 9.17) is 0 Å². The van der Waals surface area contributed by atoms with E-state index in [9.17, 15) is 14.4 Å². The highest BCUT2D eigenvalue weighted by molar-refractivity contribution is 6.00. The van der Waals surface area contributed by atoms with Gasteiger partial charge in [-0.3, -0.25) is 9.59 Å². The third-order valence-electron chi connectivity index (χ3n) is 3.78. The van der Waals surface area contributed by atoms with Crippen LogP contribution in [0.5, 0.6) is 0 Å². The molecule has 7 heteroatoms. The van der Waals surface area contributed by atoms with E-state index in [2.05, 4.69) is 21.3 Å². The van der Waals surface area contributed by atoms with Gasteiger partial charge in [-0.25, -0.2) is 4.79 Å². The molecule has 2 aromatic rings. The molecule has 0 aliphatic rings. The van der Waals surface area contributed by atoms with Crippen LogP contribution in [0.3, 0.4) is 0 Å². The summed E-state index contributed by atoms with van der Waals surface area (Å²) in [5, 5.41) is 10.9. The van der Waals surface area contributed by atoms with E-state index in [1.165, 1.54) is 0 Å². The van der Waals surface area contributed by atoms with Crippen molar-refractivity contribution in [1.82, 2.24) is 5.32 Å². The first-order valence-corrected chi connectivity index (χ1v) is 9.05. The van der Waals surface area contributed by atoms with Gasteiger partial charge in [-0.2, -0.15) is 0 Å². The topological polar surface area (TPSA) is 99.3 Å². The van der Waals surface area contributed by atoms with Gasteiger partial charge >= 0.3 is 6.03 Å². The maximum absolute atomic E-state index is 12.0. The van der Waals surface area contributed by atoms with E-state index in [0.717, 1.165) is 0 Å². The maximum Gasteiger partial charge on any atom is 0.323 e. The standard InChI is InChI=1S/C21H26N4O3/c1-21(2,3)19(27)22-14-13-18(26)23-16-9-11-17(12-10-16)25-20(28)24-15-7-5-4-6-8-15/h4-12H,13-14H2,1-3H3,(H,22,27)(H,23,26)(H2,24,25,28). The molecule has 0 saturated carbocycles. The van der Waals surface area contributed by atoms with Crippen molar-refractivity contribution in [3.05, 3.63) is 54.6 Å². The number of nitrogens with one attached hydrogen (secondary N) is 4. The van der Waals surface area contributed by atoms with Gasteiger partial charge in [0, 0.05) is 35.4 Å². The lowest BCUT2D eigenvalue weighted by atomic mass is 9.96. The van der Waals surface area contributed by atoms with Gasteiger partial charge in [0.1, 0.15) is 0 Å². The zero-order chi connectivity index (χ0) is 20.6. The van der Waals surface area contributed by atoms with Crippen LogP contribution in [-0.4, -0.2) is 24.4 Å². The third-order valence-corrected chi connectivity index (χ3v) is 3.78. The Morgan fingerprint density at radius 1 is 0.750 bits per heavy atom. The Labute approximate surface area is 164 Å². The summed E-state index contributed by atoms with van der Waals surface area (Å²) in [6.45, 7) is 5.73. The van der Waals surface area contributed by atoms with Crippen LogP contribution in [0.15, 0.2) is 54.6 Å². The number of hydrogen-bond acceptors (Lipinski definition) is 3. The fourth-order valence-electron chi connectivity index (χ4n) is 2.23.